The molecule has 2 N–H and O–H groups in total. The predicted octanol–water partition coefficient (Wildman–Crippen LogP) is 1.97. The second-order valence-corrected chi connectivity index (χ2v) is 3.22. The van der Waals surface area contributed by atoms with Crippen LogP contribution in [-0.4, -0.2) is 4.68 Å². The van der Waals surface area contributed by atoms with Crippen molar-refractivity contribution < 1.29 is 0 Å². The molecule has 62 valence electrons. The van der Waals surface area contributed by atoms with Crippen LogP contribution in [-0.2, 0) is 0 Å². The fraction of sp³-hybridized carbons (Fsp3) is 0.200. The van der Waals surface area contributed by atoms with Crippen LogP contribution >= 0.6 is 0 Å². The average molecular weight is 160 g/mol. The SMILES string of the molecule is Cc1cc2ccn(N)c2cc1C. The van der Waals surface area contributed by atoms with Crippen molar-refractivity contribution >= 4 is 10.9 Å². The van der Waals surface area contributed by atoms with Gasteiger partial charge in [-0.15, -0.1) is 0 Å². The Labute approximate surface area is 71.6 Å². The summed E-state index contributed by atoms with van der Waals surface area (Å²) >= 11 is 0. The molecule has 2 aromatic rings. The monoisotopic (exact) mass is 160 g/mol. The lowest BCUT2D eigenvalue weighted by molar-refractivity contribution is 1.06. The quantitative estimate of drug-likeness (QED) is 0.587. The third kappa shape index (κ3) is 0.881. The van der Waals surface area contributed by atoms with E-state index in [0.717, 1.165) is 5.52 Å². The molecule has 2 nitrogen and oxygen atoms in total. The van der Waals surface area contributed by atoms with Crippen LogP contribution < -0.4 is 5.84 Å². The lowest BCUT2D eigenvalue weighted by Crippen LogP contribution is -2.05. The second-order valence-electron chi connectivity index (χ2n) is 3.22. The third-order valence-electron chi connectivity index (χ3n) is 2.34. The van der Waals surface area contributed by atoms with Gasteiger partial charge in [0, 0.05) is 11.6 Å². The summed E-state index contributed by atoms with van der Waals surface area (Å²) in [4.78, 5) is 0. The Bertz CT molecular complexity index is 427. The van der Waals surface area contributed by atoms with E-state index in [-0.39, 0.29) is 0 Å². The first-order valence-electron chi connectivity index (χ1n) is 4.02. The number of hydrogen-bond acceptors (Lipinski definition) is 1. The molecule has 0 amide bonds. The summed E-state index contributed by atoms with van der Waals surface area (Å²) in [7, 11) is 0. The van der Waals surface area contributed by atoms with Crippen molar-refractivity contribution in [2.75, 3.05) is 5.84 Å². The molecular formula is C10H12N2. The van der Waals surface area contributed by atoms with Crippen LogP contribution in [0.4, 0.5) is 0 Å². The summed E-state index contributed by atoms with van der Waals surface area (Å²) in [5.41, 5.74) is 3.69. The molecular weight excluding hydrogens is 148 g/mol. The molecule has 0 fully saturated rings. The first kappa shape index (κ1) is 7.22. The van der Waals surface area contributed by atoms with Crippen LogP contribution in [0.15, 0.2) is 24.4 Å². The van der Waals surface area contributed by atoms with Crippen molar-refractivity contribution in [2.24, 2.45) is 0 Å². The van der Waals surface area contributed by atoms with Gasteiger partial charge in [-0.1, -0.05) is 0 Å². The lowest BCUT2D eigenvalue weighted by atomic mass is 10.1. The molecule has 0 saturated carbocycles. The summed E-state index contributed by atoms with van der Waals surface area (Å²) in [6.45, 7) is 4.21. The molecule has 2 heteroatoms. The van der Waals surface area contributed by atoms with Crippen LogP contribution in [0.2, 0.25) is 0 Å². The van der Waals surface area contributed by atoms with Gasteiger partial charge in [0.1, 0.15) is 0 Å². The van der Waals surface area contributed by atoms with E-state index < -0.39 is 0 Å². The zero-order valence-corrected chi connectivity index (χ0v) is 7.33. The smallest absolute Gasteiger partial charge is 0.0692 e. The van der Waals surface area contributed by atoms with Crippen LogP contribution in [0.3, 0.4) is 0 Å². The van der Waals surface area contributed by atoms with Crippen molar-refractivity contribution in [3.8, 4) is 0 Å². The van der Waals surface area contributed by atoms with Crippen molar-refractivity contribution in [2.45, 2.75) is 13.8 Å². The summed E-state index contributed by atoms with van der Waals surface area (Å²) in [5.74, 6) is 5.71. The van der Waals surface area contributed by atoms with Crippen molar-refractivity contribution in [3.63, 3.8) is 0 Å². The molecule has 0 radical (unpaired) electrons. The molecule has 0 spiro atoms. The first-order valence-corrected chi connectivity index (χ1v) is 4.02. The molecule has 0 aliphatic rings. The highest BCUT2D eigenvalue weighted by atomic mass is 15.3. The van der Waals surface area contributed by atoms with Crippen LogP contribution in [0.25, 0.3) is 10.9 Å². The Hall–Kier alpha value is -1.44. The van der Waals surface area contributed by atoms with Crippen LogP contribution in [0.1, 0.15) is 11.1 Å². The van der Waals surface area contributed by atoms with Gasteiger partial charge >= 0.3 is 0 Å². The van der Waals surface area contributed by atoms with Gasteiger partial charge < -0.3 is 5.84 Å². The predicted molar refractivity (Wildman–Crippen MR) is 51.6 cm³/mol. The van der Waals surface area contributed by atoms with Gasteiger partial charge in [-0.3, -0.25) is 4.68 Å². The van der Waals surface area contributed by atoms with E-state index in [9.17, 15) is 0 Å². The van der Waals surface area contributed by atoms with E-state index in [1.165, 1.54) is 16.5 Å². The molecule has 1 heterocycles. The van der Waals surface area contributed by atoms with E-state index in [2.05, 4.69) is 26.0 Å². The molecule has 0 unspecified atom stereocenters. The summed E-state index contributed by atoms with van der Waals surface area (Å²) in [6.07, 6.45) is 1.88. The zero-order valence-electron chi connectivity index (χ0n) is 7.33. The highest BCUT2D eigenvalue weighted by Crippen LogP contribution is 2.18. The summed E-state index contributed by atoms with van der Waals surface area (Å²) in [6, 6.07) is 6.31. The van der Waals surface area contributed by atoms with Gasteiger partial charge in [0.15, 0.2) is 0 Å². The van der Waals surface area contributed by atoms with Crippen LogP contribution in [0.5, 0.6) is 0 Å². The Balaban J connectivity index is 2.87. The van der Waals surface area contributed by atoms with Gasteiger partial charge in [0.2, 0.25) is 0 Å². The molecule has 1 aromatic heterocycles. The Morgan fingerprint density at radius 1 is 1.17 bits per heavy atom. The maximum Gasteiger partial charge on any atom is 0.0692 e. The van der Waals surface area contributed by atoms with Crippen molar-refractivity contribution in [1.29, 1.82) is 0 Å². The number of hydrogen-bond donors (Lipinski definition) is 1. The van der Waals surface area contributed by atoms with Gasteiger partial charge in [0.05, 0.1) is 5.52 Å². The van der Waals surface area contributed by atoms with Gasteiger partial charge in [-0.05, 0) is 43.2 Å². The van der Waals surface area contributed by atoms with E-state index in [1.54, 1.807) is 4.68 Å². The van der Waals surface area contributed by atoms with E-state index in [0.29, 0.717) is 0 Å². The summed E-state index contributed by atoms with van der Waals surface area (Å²) in [5, 5.41) is 1.21. The Morgan fingerprint density at radius 2 is 1.83 bits per heavy atom. The number of benzene rings is 1. The van der Waals surface area contributed by atoms with Gasteiger partial charge in [-0.25, -0.2) is 0 Å². The molecule has 12 heavy (non-hydrogen) atoms. The fourth-order valence-electron chi connectivity index (χ4n) is 1.42. The van der Waals surface area contributed by atoms with E-state index in [4.69, 9.17) is 5.84 Å². The lowest BCUT2D eigenvalue weighted by Gasteiger charge is -2.01. The van der Waals surface area contributed by atoms with Gasteiger partial charge in [0.25, 0.3) is 0 Å². The minimum absolute atomic E-state index is 1.10. The molecule has 0 aliphatic carbocycles. The van der Waals surface area contributed by atoms with Crippen LogP contribution in [0, 0.1) is 13.8 Å². The average Bonchev–Trinajstić information content (AvgIpc) is 2.35. The number of aryl methyl sites for hydroxylation is 2. The Morgan fingerprint density at radius 3 is 2.58 bits per heavy atom. The highest BCUT2D eigenvalue weighted by molar-refractivity contribution is 5.81. The topological polar surface area (TPSA) is 30.9 Å². The second kappa shape index (κ2) is 2.27. The normalized spacial score (nSPS) is 10.8. The third-order valence-corrected chi connectivity index (χ3v) is 2.34. The molecule has 0 atom stereocenters. The highest BCUT2D eigenvalue weighted by Gasteiger charge is 2.00. The number of fused-ring (bicyclic) bond motifs is 1. The number of nitrogen functional groups attached to an aromatic ring is 1. The maximum absolute atomic E-state index is 5.71. The zero-order chi connectivity index (χ0) is 8.72. The Kier molecular flexibility index (Phi) is 1.37. The van der Waals surface area contributed by atoms with Crippen molar-refractivity contribution in [1.82, 2.24) is 4.68 Å². The van der Waals surface area contributed by atoms with Crippen molar-refractivity contribution in [3.05, 3.63) is 35.5 Å². The fourth-order valence-corrected chi connectivity index (χ4v) is 1.42. The molecule has 0 saturated heterocycles. The number of rotatable bonds is 0. The first-order chi connectivity index (χ1) is 5.68. The minimum atomic E-state index is 1.10. The summed E-state index contributed by atoms with van der Waals surface area (Å²) < 4.78 is 1.65. The molecule has 2 rings (SSSR count). The number of aromatic nitrogens is 1. The van der Waals surface area contributed by atoms with E-state index >= 15 is 0 Å². The maximum atomic E-state index is 5.71. The number of nitrogens with two attached hydrogens (primary N) is 1. The molecule has 0 aliphatic heterocycles. The minimum Gasteiger partial charge on any atom is -0.339 e. The largest absolute Gasteiger partial charge is 0.339 e. The van der Waals surface area contributed by atoms with Gasteiger partial charge in [-0.2, -0.15) is 0 Å². The molecule has 1 aromatic carbocycles. The number of nitrogens with zero attached hydrogens (tertiary/aromatic N) is 1. The standard InChI is InChI=1S/C10H12N2/c1-7-5-9-3-4-12(11)10(9)6-8(7)2/h3-6H,11H2,1-2H3. The molecule has 0 bridgehead atoms. The van der Waals surface area contributed by atoms with E-state index in [1.807, 2.05) is 12.3 Å².